The summed E-state index contributed by atoms with van der Waals surface area (Å²) in [5.41, 5.74) is -4.27. The number of halogens is 3. The van der Waals surface area contributed by atoms with Gasteiger partial charge in [-0.05, 0) is 54.2 Å². The van der Waals surface area contributed by atoms with Gasteiger partial charge in [0.05, 0.1) is 0 Å². The van der Waals surface area contributed by atoms with Crippen molar-refractivity contribution in [1.82, 2.24) is 0 Å². The monoisotopic (exact) mass is 269 g/mol. The van der Waals surface area contributed by atoms with Crippen LogP contribution < -0.4 is 4.74 Å². The molecule has 0 saturated heterocycles. The Labute approximate surface area is 107 Å². The zero-order valence-electron chi connectivity index (χ0n) is 9.07. The lowest BCUT2D eigenvalue weighted by Gasteiger charge is -2.07. The maximum atomic E-state index is 12.1. The SMILES string of the molecule is FC(F)(F)Sc1ccc(Oc2cc[c]cc2)cc1. The number of rotatable bonds is 3. The van der Waals surface area contributed by atoms with Gasteiger partial charge in [-0.15, -0.1) is 0 Å². The van der Waals surface area contributed by atoms with Crippen molar-refractivity contribution in [2.45, 2.75) is 10.4 Å². The summed E-state index contributed by atoms with van der Waals surface area (Å²) in [4.78, 5) is 0.135. The van der Waals surface area contributed by atoms with Crippen LogP contribution in [0.25, 0.3) is 0 Å². The van der Waals surface area contributed by atoms with E-state index in [0.29, 0.717) is 11.5 Å². The lowest BCUT2D eigenvalue weighted by molar-refractivity contribution is -0.0328. The van der Waals surface area contributed by atoms with E-state index in [9.17, 15) is 13.2 Å². The molecule has 0 aliphatic rings. The van der Waals surface area contributed by atoms with Crippen molar-refractivity contribution < 1.29 is 17.9 Å². The summed E-state index contributed by atoms with van der Waals surface area (Å²) in [6, 6.07) is 15.4. The molecule has 0 aromatic heterocycles. The second-order valence-corrected chi connectivity index (χ2v) is 4.50. The van der Waals surface area contributed by atoms with Gasteiger partial charge in [0.25, 0.3) is 0 Å². The molecule has 0 aliphatic carbocycles. The molecule has 5 heteroatoms. The van der Waals surface area contributed by atoms with Gasteiger partial charge >= 0.3 is 5.51 Å². The molecule has 0 saturated carbocycles. The van der Waals surface area contributed by atoms with Crippen molar-refractivity contribution >= 4 is 11.8 Å². The summed E-state index contributed by atoms with van der Waals surface area (Å²) in [6.07, 6.45) is 0. The smallest absolute Gasteiger partial charge is 0.446 e. The van der Waals surface area contributed by atoms with E-state index in [1.165, 1.54) is 24.3 Å². The number of hydrogen-bond acceptors (Lipinski definition) is 2. The number of thioether (sulfide) groups is 1. The van der Waals surface area contributed by atoms with Crippen LogP contribution in [0.15, 0.2) is 53.4 Å². The number of ether oxygens (including phenoxy) is 1. The van der Waals surface area contributed by atoms with Crippen LogP contribution in [0.4, 0.5) is 13.2 Å². The van der Waals surface area contributed by atoms with Crippen molar-refractivity contribution in [3.63, 3.8) is 0 Å². The van der Waals surface area contributed by atoms with Gasteiger partial charge in [0, 0.05) is 4.90 Å². The minimum Gasteiger partial charge on any atom is -0.457 e. The fourth-order valence-corrected chi connectivity index (χ4v) is 1.82. The second-order valence-electron chi connectivity index (χ2n) is 3.36. The second kappa shape index (κ2) is 5.35. The van der Waals surface area contributed by atoms with Gasteiger partial charge in [-0.1, -0.05) is 12.1 Å². The first-order valence-corrected chi connectivity index (χ1v) is 5.84. The Morgan fingerprint density at radius 2 is 1.44 bits per heavy atom. The Balaban J connectivity index is 2.04. The van der Waals surface area contributed by atoms with Gasteiger partial charge in [-0.3, -0.25) is 0 Å². The predicted molar refractivity (Wildman–Crippen MR) is 63.7 cm³/mol. The summed E-state index contributed by atoms with van der Waals surface area (Å²) >= 11 is -0.145. The molecule has 0 bridgehead atoms. The first-order chi connectivity index (χ1) is 8.53. The summed E-state index contributed by atoms with van der Waals surface area (Å²) in [5.74, 6) is 1.11. The summed E-state index contributed by atoms with van der Waals surface area (Å²) in [7, 11) is 0. The van der Waals surface area contributed by atoms with Crippen LogP contribution in [-0.4, -0.2) is 5.51 Å². The van der Waals surface area contributed by atoms with Crippen LogP contribution in [0.2, 0.25) is 0 Å². The van der Waals surface area contributed by atoms with E-state index in [0.717, 1.165) is 0 Å². The van der Waals surface area contributed by atoms with Gasteiger partial charge in [0.15, 0.2) is 0 Å². The van der Waals surface area contributed by atoms with Crippen LogP contribution >= 0.6 is 11.8 Å². The summed E-state index contributed by atoms with van der Waals surface area (Å²) in [5, 5.41) is 0. The van der Waals surface area contributed by atoms with Crippen LogP contribution in [0.3, 0.4) is 0 Å². The topological polar surface area (TPSA) is 9.23 Å². The number of benzene rings is 2. The van der Waals surface area contributed by atoms with Crippen molar-refractivity contribution in [2.75, 3.05) is 0 Å². The van der Waals surface area contributed by atoms with Gasteiger partial charge in [0.2, 0.25) is 0 Å². The minimum atomic E-state index is -4.27. The first kappa shape index (κ1) is 12.8. The molecule has 0 atom stereocenters. The summed E-state index contributed by atoms with van der Waals surface area (Å²) < 4.78 is 41.8. The Hall–Kier alpha value is -1.62. The molecule has 1 nitrogen and oxygen atoms in total. The molecule has 1 radical (unpaired) electrons. The molecular formula is C13H8F3OS. The molecule has 2 aromatic carbocycles. The lowest BCUT2D eigenvalue weighted by atomic mass is 10.3. The van der Waals surface area contributed by atoms with Gasteiger partial charge in [-0.2, -0.15) is 13.2 Å². The van der Waals surface area contributed by atoms with Crippen molar-refractivity contribution in [1.29, 1.82) is 0 Å². The molecule has 2 rings (SSSR count). The highest BCUT2D eigenvalue weighted by molar-refractivity contribution is 8.00. The molecule has 0 fully saturated rings. The molecule has 0 amide bonds. The maximum Gasteiger partial charge on any atom is 0.446 e. The van der Waals surface area contributed by atoms with Crippen molar-refractivity contribution in [3.8, 4) is 11.5 Å². The average Bonchev–Trinajstić information content (AvgIpc) is 2.31. The molecule has 93 valence electrons. The van der Waals surface area contributed by atoms with Gasteiger partial charge in [-0.25, -0.2) is 0 Å². The first-order valence-electron chi connectivity index (χ1n) is 5.03. The molecule has 0 aliphatic heterocycles. The zero-order valence-corrected chi connectivity index (χ0v) is 9.89. The highest BCUT2D eigenvalue weighted by Gasteiger charge is 2.28. The fourth-order valence-electron chi connectivity index (χ4n) is 1.29. The lowest BCUT2D eigenvalue weighted by Crippen LogP contribution is -1.98. The van der Waals surface area contributed by atoms with Crippen molar-refractivity contribution in [3.05, 3.63) is 54.6 Å². The third-order valence-corrected chi connectivity index (χ3v) is 2.72. The predicted octanol–water partition coefficient (Wildman–Crippen LogP) is 4.89. The van der Waals surface area contributed by atoms with E-state index in [1.807, 2.05) is 0 Å². The third kappa shape index (κ3) is 4.00. The average molecular weight is 269 g/mol. The molecule has 0 spiro atoms. The number of alkyl halides is 3. The molecular weight excluding hydrogens is 261 g/mol. The van der Waals surface area contributed by atoms with Crippen LogP contribution in [0.1, 0.15) is 0 Å². The molecule has 18 heavy (non-hydrogen) atoms. The van der Waals surface area contributed by atoms with E-state index in [-0.39, 0.29) is 16.7 Å². The van der Waals surface area contributed by atoms with Gasteiger partial charge in [0.1, 0.15) is 11.5 Å². The normalized spacial score (nSPS) is 11.3. The largest absolute Gasteiger partial charge is 0.457 e. The Bertz CT molecular complexity index is 494. The fraction of sp³-hybridized carbons (Fsp3) is 0.0769. The van der Waals surface area contributed by atoms with E-state index in [4.69, 9.17) is 4.74 Å². The zero-order chi connectivity index (χ0) is 13.0. The Kier molecular flexibility index (Phi) is 3.81. The minimum absolute atomic E-state index is 0.135. The highest BCUT2D eigenvalue weighted by atomic mass is 32.2. The quantitative estimate of drug-likeness (QED) is 0.733. The van der Waals surface area contributed by atoms with E-state index >= 15 is 0 Å². The van der Waals surface area contributed by atoms with E-state index in [2.05, 4.69) is 6.07 Å². The molecule has 0 N–H and O–H groups in total. The van der Waals surface area contributed by atoms with E-state index < -0.39 is 5.51 Å². The standard InChI is InChI=1S/C13H8F3OS/c14-13(15,16)18-12-8-6-11(7-9-12)17-10-4-2-1-3-5-10/h2-9H. The molecule has 2 aromatic rings. The Morgan fingerprint density at radius 1 is 0.889 bits per heavy atom. The van der Waals surface area contributed by atoms with E-state index in [1.54, 1.807) is 24.3 Å². The molecule has 0 unspecified atom stereocenters. The maximum absolute atomic E-state index is 12.1. The van der Waals surface area contributed by atoms with Crippen molar-refractivity contribution in [2.24, 2.45) is 0 Å². The summed E-state index contributed by atoms with van der Waals surface area (Å²) in [6.45, 7) is 0. The number of hydrogen-bond donors (Lipinski definition) is 0. The van der Waals surface area contributed by atoms with Crippen LogP contribution in [-0.2, 0) is 0 Å². The Morgan fingerprint density at radius 3 is 2.00 bits per heavy atom. The third-order valence-electron chi connectivity index (χ3n) is 1.98. The van der Waals surface area contributed by atoms with Crippen LogP contribution in [0.5, 0.6) is 11.5 Å². The molecule has 0 heterocycles. The highest BCUT2D eigenvalue weighted by Crippen LogP contribution is 2.37. The van der Waals surface area contributed by atoms with Crippen LogP contribution in [0, 0.1) is 6.07 Å². The van der Waals surface area contributed by atoms with Gasteiger partial charge < -0.3 is 4.74 Å².